The summed E-state index contributed by atoms with van der Waals surface area (Å²) in [5.74, 6) is 0.816. The Morgan fingerprint density at radius 3 is 2.59 bits per heavy atom. The van der Waals surface area contributed by atoms with E-state index in [1.54, 1.807) is 14.2 Å². The van der Waals surface area contributed by atoms with Crippen LogP contribution in [-0.4, -0.2) is 26.4 Å². The van der Waals surface area contributed by atoms with Gasteiger partial charge in [0, 0.05) is 18.2 Å². The van der Waals surface area contributed by atoms with Crippen LogP contribution in [0.5, 0.6) is 5.75 Å². The van der Waals surface area contributed by atoms with Crippen molar-refractivity contribution in [3.05, 3.63) is 28.8 Å². The van der Waals surface area contributed by atoms with Crippen LogP contribution in [0, 0.1) is 0 Å². The zero-order valence-electron chi connectivity index (χ0n) is 10.6. The first-order chi connectivity index (χ1) is 8.12. The first-order valence-electron chi connectivity index (χ1n) is 5.73. The van der Waals surface area contributed by atoms with Crippen LogP contribution in [0.25, 0.3) is 0 Å². The molecule has 0 saturated carbocycles. The summed E-state index contributed by atoms with van der Waals surface area (Å²) < 4.78 is 10.6. The SMILES string of the molecule is CCC(OC)C(N)Cc1cc(Cl)ccc1OC. The van der Waals surface area contributed by atoms with E-state index in [-0.39, 0.29) is 12.1 Å². The van der Waals surface area contributed by atoms with Crippen LogP contribution in [0.15, 0.2) is 18.2 Å². The standard InChI is InChI=1S/C13H20ClNO2/c1-4-12(16-2)11(15)8-9-7-10(14)5-6-13(9)17-3/h5-7,11-12H,4,8,15H2,1-3H3. The van der Waals surface area contributed by atoms with Gasteiger partial charge in [0.1, 0.15) is 5.75 Å². The highest BCUT2D eigenvalue weighted by Gasteiger charge is 2.17. The van der Waals surface area contributed by atoms with Gasteiger partial charge in [-0.2, -0.15) is 0 Å². The van der Waals surface area contributed by atoms with Gasteiger partial charge in [0.05, 0.1) is 13.2 Å². The molecule has 0 aliphatic rings. The molecule has 0 saturated heterocycles. The topological polar surface area (TPSA) is 44.5 Å². The molecule has 1 rings (SSSR count). The van der Waals surface area contributed by atoms with Gasteiger partial charge in [0.15, 0.2) is 0 Å². The van der Waals surface area contributed by atoms with E-state index in [1.807, 2.05) is 18.2 Å². The molecule has 0 fully saturated rings. The van der Waals surface area contributed by atoms with E-state index < -0.39 is 0 Å². The first kappa shape index (κ1) is 14.3. The first-order valence-corrected chi connectivity index (χ1v) is 6.11. The maximum atomic E-state index is 6.12. The highest BCUT2D eigenvalue weighted by Crippen LogP contribution is 2.24. The lowest BCUT2D eigenvalue weighted by Crippen LogP contribution is -2.37. The molecule has 1 aromatic carbocycles. The third kappa shape index (κ3) is 3.87. The van der Waals surface area contributed by atoms with Crippen molar-refractivity contribution in [2.75, 3.05) is 14.2 Å². The lowest BCUT2D eigenvalue weighted by atomic mass is 10.00. The molecule has 0 amide bonds. The van der Waals surface area contributed by atoms with Crippen molar-refractivity contribution in [3.63, 3.8) is 0 Å². The predicted molar refractivity (Wildman–Crippen MR) is 70.8 cm³/mol. The van der Waals surface area contributed by atoms with Crippen molar-refractivity contribution < 1.29 is 9.47 Å². The summed E-state index contributed by atoms with van der Waals surface area (Å²) in [6.45, 7) is 2.06. The van der Waals surface area contributed by atoms with E-state index in [2.05, 4.69) is 6.92 Å². The van der Waals surface area contributed by atoms with Crippen molar-refractivity contribution in [1.82, 2.24) is 0 Å². The Balaban J connectivity index is 2.82. The summed E-state index contributed by atoms with van der Waals surface area (Å²) in [4.78, 5) is 0. The zero-order chi connectivity index (χ0) is 12.8. The Kier molecular flexibility index (Phi) is 5.75. The Hall–Kier alpha value is -0.770. The van der Waals surface area contributed by atoms with Gasteiger partial charge in [-0.1, -0.05) is 18.5 Å². The van der Waals surface area contributed by atoms with E-state index in [9.17, 15) is 0 Å². The fourth-order valence-corrected chi connectivity index (χ4v) is 2.13. The molecule has 0 heterocycles. The molecule has 96 valence electrons. The minimum atomic E-state index is -0.0580. The van der Waals surface area contributed by atoms with E-state index in [0.717, 1.165) is 17.7 Å². The molecule has 0 aromatic heterocycles. The van der Waals surface area contributed by atoms with Crippen molar-refractivity contribution in [3.8, 4) is 5.75 Å². The molecule has 17 heavy (non-hydrogen) atoms. The summed E-state index contributed by atoms with van der Waals surface area (Å²) in [7, 11) is 3.33. The molecule has 3 nitrogen and oxygen atoms in total. The molecule has 1 aromatic rings. The third-order valence-corrected chi connectivity index (χ3v) is 3.12. The molecule has 0 bridgehead atoms. The monoisotopic (exact) mass is 257 g/mol. The molecular formula is C13H20ClNO2. The minimum absolute atomic E-state index is 0.0543. The Morgan fingerprint density at radius 1 is 1.35 bits per heavy atom. The van der Waals surface area contributed by atoms with Gasteiger partial charge in [-0.3, -0.25) is 0 Å². The van der Waals surface area contributed by atoms with Gasteiger partial charge in [-0.05, 0) is 36.6 Å². The molecule has 0 aliphatic heterocycles. The van der Waals surface area contributed by atoms with Crippen LogP contribution in [0.1, 0.15) is 18.9 Å². The zero-order valence-corrected chi connectivity index (χ0v) is 11.3. The van der Waals surface area contributed by atoms with Gasteiger partial charge in [-0.15, -0.1) is 0 Å². The van der Waals surface area contributed by atoms with Gasteiger partial charge >= 0.3 is 0 Å². The number of rotatable bonds is 6. The van der Waals surface area contributed by atoms with E-state index in [1.165, 1.54) is 0 Å². The Bertz CT molecular complexity index is 353. The number of hydrogen-bond acceptors (Lipinski definition) is 3. The second-order valence-corrected chi connectivity index (χ2v) is 4.44. The van der Waals surface area contributed by atoms with Crippen molar-refractivity contribution >= 4 is 11.6 Å². The third-order valence-electron chi connectivity index (χ3n) is 2.88. The molecule has 2 atom stereocenters. The van der Waals surface area contributed by atoms with Crippen LogP contribution in [0.3, 0.4) is 0 Å². The maximum Gasteiger partial charge on any atom is 0.122 e. The minimum Gasteiger partial charge on any atom is -0.496 e. The van der Waals surface area contributed by atoms with E-state index >= 15 is 0 Å². The number of halogens is 1. The summed E-state index contributed by atoms with van der Waals surface area (Å²) in [5.41, 5.74) is 7.14. The molecule has 0 aliphatic carbocycles. The number of hydrogen-bond donors (Lipinski definition) is 1. The summed E-state index contributed by atoms with van der Waals surface area (Å²) in [6.07, 6.45) is 1.63. The van der Waals surface area contributed by atoms with E-state index in [0.29, 0.717) is 11.4 Å². The number of benzene rings is 1. The number of methoxy groups -OCH3 is 2. The second kappa shape index (κ2) is 6.84. The molecule has 2 unspecified atom stereocenters. The predicted octanol–water partition coefficient (Wildman–Crippen LogP) is 2.64. The molecule has 4 heteroatoms. The highest BCUT2D eigenvalue weighted by atomic mass is 35.5. The van der Waals surface area contributed by atoms with E-state index in [4.69, 9.17) is 26.8 Å². The summed E-state index contributed by atoms with van der Waals surface area (Å²) in [6, 6.07) is 5.50. The average Bonchev–Trinajstić information content (AvgIpc) is 2.31. The number of ether oxygens (including phenoxy) is 2. The largest absolute Gasteiger partial charge is 0.496 e. The van der Waals surface area contributed by atoms with Crippen LogP contribution < -0.4 is 10.5 Å². The molecule has 0 spiro atoms. The lowest BCUT2D eigenvalue weighted by molar-refractivity contribution is 0.0771. The van der Waals surface area contributed by atoms with Crippen LogP contribution in [-0.2, 0) is 11.2 Å². The molecular weight excluding hydrogens is 238 g/mol. The molecule has 2 N–H and O–H groups in total. The van der Waals surface area contributed by atoms with Crippen LogP contribution in [0.2, 0.25) is 5.02 Å². The highest BCUT2D eigenvalue weighted by molar-refractivity contribution is 6.30. The van der Waals surface area contributed by atoms with Crippen molar-refractivity contribution in [2.24, 2.45) is 5.73 Å². The van der Waals surface area contributed by atoms with Gasteiger partial charge in [0.25, 0.3) is 0 Å². The fourth-order valence-electron chi connectivity index (χ4n) is 1.94. The van der Waals surface area contributed by atoms with Gasteiger partial charge in [-0.25, -0.2) is 0 Å². The normalized spacial score (nSPS) is 14.4. The van der Waals surface area contributed by atoms with Crippen LogP contribution in [0.4, 0.5) is 0 Å². The average molecular weight is 258 g/mol. The Morgan fingerprint density at radius 2 is 2.06 bits per heavy atom. The smallest absolute Gasteiger partial charge is 0.122 e. The summed E-state index contributed by atoms with van der Waals surface area (Å²) >= 11 is 5.98. The van der Waals surface area contributed by atoms with Gasteiger partial charge in [0.2, 0.25) is 0 Å². The van der Waals surface area contributed by atoms with Crippen LogP contribution >= 0.6 is 11.6 Å². The summed E-state index contributed by atoms with van der Waals surface area (Å²) in [5, 5.41) is 0.693. The fraction of sp³-hybridized carbons (Fsp3) is 0.538. The lowest BCUT2D eigenvalue weighted by Gasteiger charge is -2.22. The Labute approximate surface area is 108 Å². The number of nitrogens with two attached hydrogens (primary N) is 1. The second-order valence-electron chi connectivity index (χ2n) is 4.01. The van der Waals surface area contributed by atoms with Crippen molar-refractivity contribution in [2.45, 2.75) is 31.9 Å². The maximum absolute atomic E-state index is 6.12. The van der Waals surface area contributed by atoms with Gasteiger partial charge < -0.3 is 15.2 Å². The molecule has 0 radical (unpaired) electrons. The quantitative estimate of drug-likeness (QED) is 0.852. The van der Waals surface area contributed by atoms with Crippen molar-refractivity contribution in [1.29, 1.82) is 0 Å².